The van der Waals surface area contributed by atoms with Crippen molar-refractivity contribution >= 4 is 12.0 Å². The minimum atomic E-state index is -0.424. The first-order valence-electron chi connectivity index (χ1n) is 6.98. The van der Waals surface area contributed by atoms with E-state index in [-0.39, 0.29) is 18.6 Å². The Kier molecular flexibility index (Phi) is 4.98. The Bertz CT molecular complexity index is 488. The predicted molar refractivity (Wildman–Crippen MR) is 75.3 cm³/mol. The van der Waals surface area contributed by atoms with Crippen molar-refractivity contribution in [3.05, 3.63) is 35.4 Å². The molecule has 0 aromatic heterocycles. The maximum atomic E-state index is 11.8. The Hall–Kier alpha value is -2.04. The normalized spacial score (nSPS) is 16.9. The van der Waals surface area contributed by atoms with Crippen molar-refractivity contribution in [2.24, 2.45) is 0 Å². The average molecular weight is 276 g/mol. The Morgan fingerprint density at radius 1 is 1.35 bits per heavy atom. The lowest BCUT2D eigenvalue weighted by Gasteiger charge is -2.26. The molecule has 1 aliphatic carbocycles. The molecule has 5 heteroatoms. The van der Waals surface area contributed by atoms with E-state index >= 15 is 0 Å². The smallest absolute Gasteiger partial charge is 0.325 e. The summed E-state index contributed by atoms with van der Waals surface area (Å²) in [6.45, 7) is 1.95. The van der Waals surface area contributed by atoms with Gasteiger partial charge in [0.1, 0.15) is 6.54 Å². The highest BCUT2D eigenvalue weighted by atomic mass is 16.5. The van der Waals surface area contributed by atoms with Gasteiger partial charge in [-0.2, -0.15) is 0 Å². The fourth-order valence-electron chi connectivity index (χ4n) is 2.48. The summed E-state index contributed by atoms with van der Waals surface area (Å²) in [5, 5.41) is 5.44. The van der Waals surface area contributed by atoms with Gasteiger partial charge in [0.15, 0.2) is 0 Å². The number of urea groups is 1. The molecule has 2 rings (SSSR count). The third kappa shape index (κ3) is 3.73. The number of carbonyl (C=O) groups excluding carboxylic acids is 2. The maximum Gasteiger partial charge on any atom is 0.325 e. The lowest BCUT2D eigenvalue weighted by atomic mass is 9.88. The largest absolute Gasteiger partial charge is 0.465 e. The second-order valence-electron chi connectivity index (χ2n) is 4.78. The van der Waals surface area contributed by atoms with Crippen molar-refractivity contribution in [3.63, 3.8) is 0 Å². The fourth-order valence-corrected chi connectivity index (χ4v) is 2.48. The predicted octanol–water partition coefficient (Wildman–Crippen LogP) is 1.93. The first kappa shape index (κ1) is 14.4. The number of nitrogens with one attached hydrogen (secondary N) is 2. The van der Waals surface area contributed by atoms with Gasteiger partial charge in [0.25, 0.3) is 0 Å². The monoisotopic (exact) mass is 276 g/mol. The van der Waals surface area contributed by atoms with Crippen LogP contribution in [0.5, 0.6) is 0 Å². The standard InChI is InChI=1S/C15H20N2O3/c1-2-20-14(18)10-16-15(19)17-13-9-5-7-11-6-3-4-8-12(11)13/h3-4,6,8,13H,2,5,7,9-10H2,1H3,(H2,16,17,19)/t13-/m1/s1. The van der Waals surface area contributed by atoms with E-state index in [0.29, 0.717) is 6.61 Å². The minimum Gasteiger partial charge on any atom is -0.465 e. The lowest BCUT2D eigenvalue weighted by Crippen LogP contribution is -2.41. The number of amides is 2. The van der Waals surface area contributed by atoms with Crippen molar-refractivity contribution in [1.82, 2.24) is 10.6 Å². The van der Waals surface area contributed by atoms with E-state index in [2.05, 4.69) is 16.7 Å². The molecule has 2 amide bonds. The number of ether oxygens (including phenoxy) is 1. The van der Waals surface area contributed by atoms with Crippen LogP contribution in [-0.2, 0) is 16.0 Å². The highest BCUT2D eigenvalue weighted by Crippen LogP contribution is 2.29. The Morgan fingerprint density at radius 3 is 2.95 bits per heavy atom. The van der Waals surface area contributed by atoms with E-state index < -0.39 is 5.97 Å². The summed E-state index contributed by atoms with van der Waals surface area (Å²) in [5.74, 6) is -0.424. The van der Waals surface area contributed by atoms with E-state index in [9.17, 15) is 9.59 Å². The highest BCUT2D eigenvalue weighted by molar-refractivity contribution is 5.81. The zero-order valence-electron chi connectivity index (χ0n) is 11.6. The molecule has 0 radical (unpaired) electrons. The molecule has 1 aromatic rings. The molecule has 2 N–H and O–H groups in total. The summed E-state index contributed by atoms with van der Waals surface area (Å²) < 4.78 is 4.76. The zero-order chi connectivity index (χ0) is 14.4. The van der Waals surface area contributed by atoms with Crippen LogP contribution in [0.15, 0.2) is 24.3 Å². The van der Waals surface area contributed by atoms with Gasteiger partial charge in [0.2, 0.25) is 0 Å². The van der Waals surface area contributed by atoms with Crippen LogP contribution < -0.4 is 10.6 Å². The van der Waals surface area contributed by atoms with Crippen molar-refractivity contribution in [3.8, 4) is 0 Å². The van der Waals surface area contributed by atoms with Crippen LogP contribution in [-0.4, -0.2) is 25.2 Å². The molecule has 0 unspecified atom stereocenters. The number of hydrogen-bond donors (Lipinski definition) is 2. The third-order valence-electron chi connectivity index (χ3n) is 3.37. The van der Waals surface area contributed by atoms with E-state index in [1.807, 2.05) is 18.2 Å². The number of fused-ring (bicyclic) bond motifs is 1. The number of hydrogen-bond acceptors (Lipinski definition) is 3. The van der Waals surface area contributed by atoms with Gasteiger partial charge in [0, 0.05) is 0 Å². The molecule has 1 aromatic carbocycles. The summed E-state index contributed by atoms with van der Waals surface area (Å²) in [6, 6.07) is 7.82. The summed E-state index contributed by atoms with van der Waals surface area (Å²) in [4.78, 5) is 23.0. The second-order valence-corrected chi connectivity index (χ2v) is 4.78. The first-order valence-corrected chi connectivity index (χ1v) is 6.98. The minimum absolute atomic E-state index is 0.0159. The van der Waals surface area contributed by atoms with Crippen LogP contribution in [0.4, 0.5) is 4.79 Å². The quantitative estimate of drug-likeness (QED) is 0.826. The maximum absolute atomic E-state index is 11.8. The van der Waals surface area contributed by atoms with Gasteiger partial charge in [-0.1, -0.05) is 24.3 Å². The number of aryl methyl sites for hydroxylation is 1. The fraction of sp³-hybridized carbons (Fsp3) is 0.467. The molecule has 0 saturated heterocycles. The van der Waals surface area contributed by atoms with Crippen molar-refractivity contribution in [2.45, 2.75) is 32.2 Å². The first-order chi connectivity index (χ1) is 9.70. The molecule has 0 heterocycles. The van der Waals surface area contributed by atoms with Gasteiger partial charge in [-0.05, 0) is 37.3 Å². The molecule has 1 aliphatic rings. The molecule has 0 fully saturated rings. The number of benzene rings is 1. The molecule has 108 valence electrons. The van der Waals surface area contributed by atoms with Crippen molar-refractivity contribution in [1.29, 1.82) is 0 Å². The van der Waals surface area contributed by atoms with E-state index in [1.165, 1.54) is 11.1 Å². The van der Waals surface area contributed by atoms with Crippen LogP contribution in [0.25, 0.3) is 0 Å². The van der Waals surface area contributed by atoms with Gasteiger partial charge in [-0.25, -0.2) is 4.79 Å². The van der Waals surface area contributed by atoms with Gasteiger partial charge >= 0.3 is 12.0 Å². The molecule has 0 aliphatic heterocycles. The Balaban J connectivity index is 1.88. The number of rotatable bonds is 4. The van der Waals surface area contributed by atoms with E-state index in [1.54, 1.807) is 6.92 Å². The van der Waals surface area contributed by atoms with Gasteiger partial charge in [-0.15, -0.1) is 0 Å². The van der Waals surface area contributed by atoms with E-state index in [0.717, 1.165) is 19.3 Å². The third-order valence-corrected chi connectivity index (χ3v) is 3.37. The topological polar surface area (TPSA) is 67.4 Å². The van der Waals surface area contributed by atoms with Gasteiger partial charge < -0.3 is 15.4 Å². The van der Waals surface area contributed by atoms with Crippen LogP contribution in [0.2, 0.25) is 0 Å². The van der Waals surface area contributed by atoms with Crippen molar-refractivity contribution in [2.75, 3.05) is 13.2 Å². The highest BCUT2D eigenvalue weighted by Gasteiger charge is 2.21. The molecular formula is C15H20N2O3. The van der Waals surface area contributed by atoms with Gasteiger partial charge in [0.05, 0.1) is 12.6 Å². The average Bonchev–Trinajstić information content (AvgIpc) is 2.46. The Labute approximate surface area is 118 Å². The van der Waals surface area contributed by atoms with Crippen molar-refractivity contribution < 1.29 is 14.3 Å². The summed E-state index contributed by atoms with van der Waals surface area (Å²) in [6.07, 6.45) is 3.03. The summed E-state index contributed by atoms with van der Waals surface area (Å²) >= 11 is 0. The summed E-state index contributed by atoms with van der Waals surface area (Å²) in [5.41, 5.74) is 2.46. The molecule has 5 nitrogen and oxygen atoms in total. The number of carbonyl (C=O) groups is 2. The summed E-state index contributed by atoms with van der Waals surface area (Å²) in [7, 11) is 0. The molecular weight excluding hydrogens is 256 g/mol. The van der Waals surface area contributed by atoms with E-state index in [4.69, 9.17) is 4.74 Å². The van der Waals surface area contributed by atoms with Crippen LogP contribution in [0, 0.1) is 0 Å². The van der Waals surface area contributed by atoms with Crippen LogP contribution in [0.3, 0.4) is 0 Å². The van der Waals surface area contributed by atoms with Gasteiger partial charge in [-0.3, -0.25) is 4.79 Å². The second kappa shape index (κ2) is 6.93. The molecule has 0 saturated carbocycles. The number of esters is 1. The molecule has 20 heavy (non-hydrogen) atoms. The molecule has 0 bridgehead atoms. The Morgan fingerprint density at radius 2 is 2.15 bits per heavy atom. The van der Waals surface area contributed by atoms with Crippen LogP contribution in [0.1, 0.15) is 36.9 Å². The molecule has 1 atom stereocenters. The molecule has 0 spiro atoms. The SMILES string of the molecule is CCOC(=O)CNC(=O)N[C@@H]1CCCc2ccccc21. The zero-order valence-corrected chi connectivity index (χ0v) is 11.6. The van der Waals surface area contributed by atoms with Crippen LogP contribution >= 0.6 is 0 Å². The lowest BCUT2D eigenvalue weighted by molar-refractivity contribution is -0.141.